The van der Waals surface area contributed by atoms with Crippen LogP contribution in [0.25, 0.3) is 5.76 Å². The second kappa shape index (κ2) is 8.06. The number of rotatable bonds is 4. The first-order valence-corrected chi connectivity index (χ1v) is 10.9. The Morgan fingerprint density at radius 1 is 1.19 bits per heavy atom. The van der Waals surface area contributed by atoms with Crippen LogP contribution in [0.3, 0.4) is 0 Å². The zero-order valence-corrected chi connectivity index (χ0v) is 17.7. The molecule has 3 heterocycles. The molecule has 0 aromatic heterocycles. The van der Waals surface area contributed by atoms with Gasteiger partial charge in [-0.05, 0) is 61.2 Å². The van der Waals surface area contributed by atoms with Gasteiger partial charge in [-0.1, -0.05) is 12.1 Å². The van der Waals surface area contributed by atoms with Crippen molar-refractivity contribution in [3.63, 3.8) is 0 Å². The number of likely N-dealkylation sites (tertiary alicyclic amines) is 1. The number of ether oxygens (including phenoxy) is 2. The van der Waals surface area contributed by atoms with Gasteiger partial charge in [0, 0.05) is 25.1 Å². The summed E-state index contributed by atoms with van der Waals surface area (Å²) in [7, 11) is 0. The van der Waals surface area contributed by atoms with Gasteiger partial charge in [-0.15, -0.1) is 0 Å². The lowest BCUT2D eigenvalue weighted by molar-refractivity contribution is -0.140. The molecular weight excluding hydrogens is 413 g/mol. The second-order valence-corrected chi connectivity index (χ2v) is 8.59. The number of carbonyl (C=O) groups excluding carboxylic acids is 2. The SMILES string of the molecule is CC1Cc2cc(/C(O)=C3\C(=O)C(=O)N(CC4CCCO4)C3c3ccc(F)cc3)ccc2O1. The summed E-state index contributed by atoms with van der Waals surface area (Å²) < 4.78 is 25.0. The van der Waals surface area contributed by atoms with E-state index < -0.39 is 23.5 Å². The van der Waals surface area contributed by atoms with E-state index in [0.29, 0.717) is 24.2 Å². The van der Waals surface area contributed by atoms with Gasteiger partial charge in [-0.3, -0.25) is 9.59 Å². The molecule has 7 heteroatoms. The number of benzene rings is 2. The van der Waals surface area contributed by atoms with Crippen LogP contribution >= 0.6 is 0 Å². The smallest absolute Gasteiger partial charge is 0.295 e. The van der Waals surface area contributed by atoms with Gasteiger partial charge in [-0.25, -0.2) is 4.39 Å². The maximum Gasteiger partial charge on any atom is 0.295 e. The Balaban J connectivity index is 1.59. The first kappa shape index (κ1) is 20.7. The van der Waals surface area contributed by atoms with E-state index in [-0.39, 0.29) is 30.1 Å². The quantitative estimate of drug-likeness (QED) is 0.448. The first-order valence-electron chi connectivity index (χ1n) is 10.9. The molecule has 2 aromatic carbocycles. The van der Waals surface area contributed by atoms with Crippen molar-refractivity contribution in [3.8, 4) is 5.75 Å². The minimum Gasteiger partial charge on any atom is -0.507 e. The highest BCUT2D eigenvalue weighted by atomic mass is 19.1. The summed E-state index contributed by atoms with van der Waals surface area (Å²) in [6, 6.07) is 10.1. The Morgan fingerprint density at radius 3 is 2.69 bits per heavy atom. The van der Waals surface area contributed by atoms with Gasteiger partial charge in [0.1, 0.15) is 23.4 Å². The Labute approximate surface area is 185 Å². The molecule has 6 nitrogen and oxygen atoms in total. The topological polar surface area (TPSA) is 76.1 Å². The number of hydrogen-bond donors (Lipinski definition) is 1. The molecule has 0 saturated carbocycles. The Hall–Kier alpha value is -3.19. The van der Waals surface area contributed by atoms with Crippen LogP contribution in [0.1, 0.15) is 42.5 Å². The van der Waals surface area contributed by atoms with Crippen molar-refractivity contribution in [1.82, 2.24) is 4.90 Å². The highest BCUT2D eigenvalue weighted by molar-refractivity contribution is 6.46. The summed E-state index contributed by atoms with van der Waals surface area (Å²) in [6.45, 7) is 2.81. The van der Waals surface area contributed by atoms with E-state index in [2.05, 4.69) is 0 Å². The molecule has 1 N–H and O–H groups in total. The molecule has 32 heavy (non-hydrogen) atoms. The third kappa shape index (κ3) is 3.56. The van der Waals surface area contributed by atoms with E-state index in [9.17, 15) is 19.1 Å². The van der Waals surface area contributed by atoms with Crippen molar-refractivity contribution in [2.45, 2.75) is 44.4 Å². The molecule has 3 atom stereocenters. The lowest BCUT2D eigenvalue weighted by Gasteiger charge is -2.27. The molecule has 2 fully saturated rings. The fraction of sp³-hybridized carbons (Fsp3) is 0.360. The Bertz CT molecular complexity index is 1100. The number of halogens is 1. The fourth-order valence-electron chi connectivity index (χ4n) is 4.79. The number of aliphatic hydroxyl groups excluding tert-OH is 1. The average Bonchev–Trinajstić information content (AvgIpc) is 3.48. The van der Waals surface area contributed by atoms with Gasteiger partial charge >= 0.3 is 0 Å². The molecule has 166 valence electrons. The van der Waals surface area contributed by atoms with Crippen molar-refractivity contribution < 1.29 is 28.6 Å². The van der Waals surface area contributed by atoms with E-state index in [4.69, 9.17) is 9.47 Å². The molecule has 2 saturated heterocycles. The molecule has 5 rings (SSSR count). The third-order valence-electron chi connectivity index (χ3n) is 6.32. The predicted octanol–water partition coefficient (Wildman–Crippen LogP) is 3.75. The van der Waals surface area contributed by atoms with Gasteiger partial charge in [0.15, 0.2) is 0 Å². The molecule has 0 radical (unpaired) electrons. The molecular formula is C25H24FNO5. The number of ketones is 1. The summed E-state index contributed by atoms with van der Waals surface area (Å²) in [5.74, 6) is -1.34. The van der Waals surface area contributed by atoms with E-state index in [0.717, 1.165) is 24.2 Å². The number of aliphatic hydroxyl groups is 1. The molecule has 0 aliphatic carbocycles. The number of hydrogen-bond acceptors (Lipinski definition) is 5. The molecule has 3 aliphatic rings. The first-order chi connectivity index (χ1) is 15.4. The summed E-state index contributed by atoms with van der Waals surface area (Å²) in [5, 5.41) is 11.2. The molecule has 0 bridgehead atoms. The maximum atomic E-state index is 13.6. The van der Waals surface area contributed by atoms with E-state index >= 15 is 0 Å². The molecule has 3 aliphatic heterocycles. The maximum absolute atomic E-state index is 13.6. The van der Waals surface area contributed by atoms with Crippen LogP contribution in [0.2, 0.25) is 0 Å². The normalized spacial score (nSPS) is 26.4. The van der Waals surface area contributed by atoms with Crippen LogP contribution in [-0.4, -0.2) is 47.1 Å². The van der Waals surface area contributed by atoms with E-state index in [1.165, 1.54) is 17.0 Å². The van der Waals surface area contributed by atoms with Gasteiger partial charge in [0.25, 0.3) is 11.7 Å². The van der Waals surface area contributed by atoms with Crippen LogP contribution in [0, 0.1) is 5.82 Å². The van der Waals surface area contributed by atoms with Crippen molar-refractivity contribution >= 4 is 17.4 Å². The highest BCUT2D eigenvalue weighted by Crippen LogP contribution is 2.41. The number of Topliss-reactive ketones (excluding diaryl/α,β-unsaturated/α-hetero) is 1. The summed E-state index contributed by atoms with van der Waals surface area (Å²) in [4.78, 5) is 27.5. The van der Waals surface area contributed by atoms with Crippen molar-refractivity contribution in [2.24, 2.45) is 0 Å². The molecule has 0 spiro atoms. The average molecular weight is 437 g/mol. The lowest BCUT2D eigenvalue weighted by atomic mass is 9.94. The van der Waals surface area contributed by atoms with Crippen molar-refractivity contribution in [3.05, 3.63) is 70.5 Å². The predicted molar refractivity (Wildman–Crippen MR) is 115 cm³/mol. The summed E-state index contributed by atoms with van der Waals surface area (Å²) >= 11 is 0. The van der Waals surface area contributed by atoms with Gasteiger partial charge in [0.05, 0.1) is 17.7 Å². The minimum atomic E-state index is -0.816. The van der Waals surface area contributed by atoms with Crippen LogP contribution in [0.5, 0.6) is 5.75 Å². The summed E-state index contributed by atoms with van der Waals surface area (Å²) in [5.41, 5.74) is 1.95. The lowest BCUT2D eigenvalue weighted by Crippen LogP contribution is -2.36. The summed E-state index contributed by atoms with van der Waals surface area (Å²) in [6.07, 6.45) is 2.26. The number of nitrogens with zero attached hydrogens (tertiary/aromatic N) is 1. The largest absolute Gasteiger partial charge is 0.507 e. The Morgan fingerprint density at radius 2 is 1.97 bits per heavy atom. The standard InChI is InChI=1S/C25H24FNO5/c1-14-11-17-12-16(6-9-20(17)32-14)23(28)21-22(15-4-7-18(26)8-5-15)27(25(30)24(21)29)13-19-3-2-10-31-19/h4-9,12,14,19,22,28H,2-3,10-11,13H2,1H3/b23-21+. The van der Waals surface area contributed by atoms with Gasteiger partial charge < -0.3 is 19.5 Å². The van der Waals surface area contributed by atoms with Crippen molar-refractivity contribution in [2.75, 3.05) is 13.2 Å². The van der Waals surface area contributed by atoms with Gasteiger partial charge in [0.2, 0.25) is 0 Å². The van der Waals surface area contributed by atoms with Crippen LogP contribution in [-0.2, 0) is 20.7 Å². The monoisotopic (exact) mass is 437 g/mol. The van der Waals surface area contributed by atoms with E-state index in [1.807, 2.05) is 6.92 Å². The van der Waals surface area contributed by atoms with Crippen LogP contribution < -0.4 is 4.74 Å². The Kier molecular flexibility index (Phi) is 5.21. The number of amides is 1. The molecule has 1 amide bonds. The number of fused-ring (bicyclic) bond motifs is 1. The number of carbonyl (C=O) groups is 2. The van der Waals surface area contributed by atoms with Gasteiger partial charge in [-0.2, -0.15) is 0 Å². The van der Waals surface area contributed by atoms with Crippen LogP contribution in [0.4, 0.5) is 4.39 Å². The zero-order valence-electron chi connectivity index (χ0n) is 17.7. The van der Waals surface area contributed by atoms with Crippen molar-refractivity contribution in [1.29, 1.82) is 0 Å². The molecule has 2 aromatic rings. The zero-order chi connectivity index (χ0) is 22.4. The molecule has 3 unspecified atom stereocenters. The third-order valence-corrected chi connectivity index (χ3v) is 6.32. The van der Waals surface area contributed by atoms with Crippen LogP contribution in [0.15, 0.2) is 48.0 Å². The second-order valence-electron chi connectivity index (χ2n) is 8.59. The van der Waals surface area contributed by atoms with E-state index in [1.54, 1.807) is 30.3 Å². The highest BCUT2D eigenvalue weighted by Gasteiger charge is 2.47. The minimum absolute atomic E-state index is 0.00604. The fourth-order valence-corrected chi connectivity index (χ4v) is 4.79.